The van der Waals surface area contributed by atoms with Gasteiger partial charge >= 0.3 is 11.9 Å². The maximum Gasteiger partial charge on any atom is 0.416 e. The molecule has 0 aliphatic rings. The van der Waals surface area contributed by atoms with Crippen molar-refractivity contribution in [2.24, 2.45) is 7.05 Å². The molecule has 2 heterocycles. The van der Waals surface area contributed by atoms with Crippen LogP contribution in [0.25, 0.3) is 22.6 Å². The number of rotatable bonds is 4. The summed E-state index contributed by atoms with van der Waals surface area (Å²) in [5.74, 6) is 0. The molecule has 2 aromatic carbocycles. The minimum atomic E-state index is -4.61. The molecule has 2 aromatic heterocycles. The summed E-state index contributed by atoms with van der Waals surface area (Å²) < 4.78 is 43.6. The SMILES string of the molecule is Cc1c(-c2c(N(C)C)cnn2-c2ccc(C#N)cc2)c(=O)n(C)c(=O)n1-c1cccc(C(F)(F)F)c1. The van der Waals surface area contributed by atoms with E-state index in [2.05, 4.69) is 5.10 Å². The normalized spacial score (nSPS) is 11.4. The number of anilines is 1. The average molecular weight is 494 g/mol. The van der Waals surface area contributed by atoms with Gasteiger partial charge in [0.25, 0.3) is 5.56 Å². The van der Waals surface area contributed by atoms with E-state index in [1.807, 2.05) is 6.07 Å². The van der Waals surface area contributed by atoms with Crippen LogP contribution >= 0.6 is 0 Å². The van der Waals surface area contributed by atoms with Crippen LogP contribution in [-0.4, -0.2) is 33.0 Å². The molecule has 0 aliphatic carbocycles. The summed E-state index contributed by atoms with van der Waals surface area (Å²) in [6.45, 7) is 1.51. The number of nitriles is 1. The number of hydrogen-bond acceptors (Lipinski definition) is 5. The van der Waals surface area contributed by atoms with Crippen LogP contribution in [-0.2, 0) is 13.2 Å². The fourth-order valence-electron chi connectivity index (χ4n) is 3.99. The smallest absolute Gasteiger partial charge is 0.375 e. The van der Waals surface area contributed by atoms with Crippen LogP contribution in [0.15, 0.2) is 64.3 Å². The van der Waals surface area contributed by atoms with Crippen LogP contribution in [0.1, 0.15) is 16.8 Å². The van der Waals surface area contributed by atoms with Gasteiger partial charge in [0.05, 0.1) is 46.0 Å². The maximum atomic E-state index is 13.4. The van der Waals surface area contributed by atoms with Crippen molar-refractivity contribution in [1.82, 2.24) is 18.9 Å². The lowest BCUT2D eigenvalue weighted by Crippen LogP contribution is -2.40. The van der Waals surface area contributed by atoms with E-state index in [0.717, 1.165) is 21.3 Å². The largest absolute Gasteiger partial charge is 0.416 e. The van der Waals surface area contributed by atoms with E-state index in [4.69, 9.17) is 5.26 Å². The highest BCUT2D eigenvalue weighted by Crippen LogP contribution is 2.33. The third-order valence-corrected chi connectivity index (χ3v) is 5.84. The lowest BCUT2D eigenvalue weighted by molar-refractivity contribution is -0.137. The first kappa shape index (κ1) is 24.5. The molecule has 0 aliphatic heterocycles. The van der Waals surface area contributed by atoms with Crippen molar-refractivity contribution in [3.05, 3.63) is 92.4 Å². The molecule has 0 unspecified atom stereocenters. The number of aromatic nitrogens is 4. The highest BCUT2D eigenvalue weighted by molar-refractivity contribution is 5.78. The van der Waals surface area contributed by atoms with Crippen LogP contribution in [0.2, 0.25) is 0 Å². The van der Waals surface area contributed by atoms with E-state index >= 15 is 0 Å². The first-order valence-corrected chi connectivity index (χ1v) is 10.7. The minimum absolute atomic E-state index is 0.0278. The standard InChI is InChI=1S/C25H21F3N6O2/c1-15-21(22-20(31(2)3)14-30-34(22)18-10-8-16(13-29)9-11-18)23(35)32(4)24(36)33(15)19-7-5-6-17(12-19)25(26,27)28/h5-12,14H,1-4H3. The van der Waals surface area contributed by atoms with Gasteiger partial charge in [0.15, 0.2) is 0 Å². The lowest BCUT2D eigenvalue weighted by Gasteiger charge is -2.20. The van der Waals surface area contributed by atoms with E-state index in [0.29, 0.717) is 22.6 Å². The number of alkyl halides is 3. The van der Waals surface area contributed by atoms with Crippen molar-refractivity contribution in [2.45, 2.75) is 13.1 Å². The van der Waals surface area contributed by atoms with E-state index in [9.17, 15) is 22.8 Å². The molecule has 0 radical (unpaired) electrons. The Bertz CT molecular complexity index is 1620. The summed E-state index contributed by atoms with van der Waals surface area (Å²) in [5, 5.41) is 13.6. The molecule has 0 spiro atoms. The predicted octanol–water partition coefficient (Wildman–Crippen LogP) is 3.65. The summed E-state index contributed by atoms with van der Waals surface area (Å²) in [7, 11) is 4.79. The Hall–Kier alpha value is -4.59. The number of nitrogens with zero attached hydrogens (tertiary/aromatic N) is 6. The summed E-state index contributed by atoms with van der Waals surface area (Å²) in [5.41, 5.74) is -0.215. The second kappa shape index (κ2) is 8.88. The van der Waals surface area contributed by atoms with Gasteiger partial charge in [-0.05, 0) is 49.4 Å². The van der Waals surface area contributed by atoms with Gasteiger partial charge in [0.1, 0.15) is 5.69 Å². The molecule has 4 aromatic rings. The molecule has 0 atom stereocenters. The lowest BCUT2D eigenvalue weighted by atomic mass is 10.1. The zero-order chi connectivity index (χ0) is 26.4. The number of hydrogen-bond donors (Lipinski definition) is 0. The number of halogens is 3. The Morgan fingerprint density at radius 3 is 2.28 bits per heavy atom. The van der Waals surface area contributed by atoms with Crippen LogP contribution in [0.4, 0.5) is 18.9 Å². The fraction of sp³-hybridized carbons (Fsp3) is 0.200. The molecule has 4 rings (SSSR count). The van der Waals surface area contributed by atoms with Crippen LogP contribution < -0.4 is 16.1 Å². The zero-order valence-corrected chi connectivity index (χ0v) is 19.8. The Morgan fingerprint density at radius 1 is 1.03 bits per heavy atom. The first-order chi connectivity index (χ1) is 17.0. The second-order valence-corrected chi connectivity index (χ2v) is 8.33. The average Bonchev–Trinajstić information content (AvgIpc) is 3.27. The molecule has 36 heavy (non-hydrogen) atoms. The van der Waals surface area contributed by atoms with Crippen molar-refractivity contribution in [3.63, 3.8) is 0 Å². The first-order valence-electron chi connectivity index (χ1n) is 10.7. The molecule has 8 nitrogen and oxygen atoms in total. The van der Waals surface area contributed by atoms with Crippen LogP contribution in [0.5, 0.6) is 0 Å². The molecule has 11 heteroatoms. The Balaban J connectivity index is 2.07. The second-order valence-electron chi connectivity index (χ2n) is 8.33. The van der Waals surface area contributed by atoms with Crippen molar-refractivity contribution in [3.8, 4) is 28.7 Å². The molecule has 0 saturated carbocycles. The van der Waals surface area contributed by atoms with Crippen molar-refractivity contribution >= 4 is 5.69 Å². The third kappa shape index (κ3) is 4.07. The molecular formula is C25H21F3N6O2. The van der Waals surface area contributed by atoms with E-state index < -0.39 is 23.0 Å². The predicted molar refractivity (Wildman–Crippen MR) is 129 cm³/mol. The van der Waals surface area contributed by atoms with Crippen LogP contribution in [0.3, 0.4) is 0 Å². The van der Waals surface area contributed by atoms with E-state index in [-0.39, 0.29) is 16.9 Å². The molecule has 0 saturated heterocycles. The Kier molecular flexibility index (Phi) is 6.05. The van der Waals surface area contributed by atoms with Crippen molar-refractivity contribution in [1.29, 1.82) is 5.26 Å². The molecular weight excluding hydrogens is 473 g/mol. The van der Waals surface area contributed by atoms with Gasteiger partial charge in [-0.15, -0.1) is 0 Å². The summed E-state index contributed by atoms with van der Waals surface area (Å²) in [6, 6.07) is 12.9. The summed E-state index contributed by atoms with van der Waals surface area (Å²) in [4.78, 5) is 28.3. The zero-order valence-electron chi connectivity index (χ0n) is 19.8. The van der Waals surface area contributed by atoms with Gasteiger partial charge < -0.3 is 4.90 Å². The van der Waals surface area contributed by atoms with Gasteiger partial charge in [0.2, 0.25) is 0 Å². The van der Waals surface area contributed by atoms with Gasteiger partial charge in [-0.1, -0.05) is 6.07 Å². The summed E-state index contributed by atoms with van der Waals surface area (Å²) in [6.07, 6.45) is -3.06. The van der Waals surface area contributed by atoms with Crippen molar-refractivity contribution in [2.75, 3.05) is 19.0 Å². The van der Waals surface area contributed by atoms with E-state index in [1.165, 1.54) is 30.8 Å². The highest BCUT2D eigenvalue weighted by Gasteiger charge is 2.31. The van der Waals surface area contributed by atoms with Gasteiger partial charge in [-0.3, -0.25) is 13.9 Å². The highest BCUT2D eigenvalue weighted by atomic mass is 19.4. The molecule has 0 fully saturated rings. The topological polar surface area (TPSA) is 88.8 Å². The quantitative estimate of drug-likeness (QED) is 0.432. The van der Waals surface area contributed by atoms with Gasteiger partial charge in [-0.2, -0.15) is 23.5 Å². The third-order valence-electron chi connectivity index (χ3n) is 5.84. The molecule has 0 bridgehead atoms. The number of benzene rings is 2. The van der Waals surface area contributed by atoms with Gasteiger partial charge in [0, 0.05) is 26.8 Å². The Morgan fingerprint density at radius 2 is 1.69 bits per heavy atom. The van der Waals surface area contributed by atoms with E-state index in [1.54, 1.807) is 49.5 Å². The van der Waals surface area contributed by atoms with Gasteiger partial charge in [-0.25, -0.2) is 9.48 Å². The van der Waals surface area contributed by atoms with Crippen LogP contribution in [0, 0.1) is 18.3 Å². The fourth-order valence-corrected chi connectivity index (χ4v) is 3.99. The minimum Gasteiger partial charge on any atom is -0.375 e. The molecule has 0 amide bonds. The Labute approximate surface area is 203 Å². The monoisotopic (exact) mass is 494 g/mol. The molecule has 184 valence electrons. The maximum absolute atomic E-state index is 13.4. The molecule has 0 N–H and O–H groups in total. The van der Waals surface area contributed by atoms with Crippen molar-refractivity contribution < 1.29 is 13.2 Å². The summed E-state index contributed by atoms with van der Waals surface area (Å²) >= 11 is 0.